The van der Waals surface area contributed by atoms with Crippen molar-refractivity contribution in [3.05, 3.63) is 71.5 Å². The van der Waals surface area contributed by atoms with E-state index in [1.54, 1.807) is 12.1 Å². The molecule has 0 amide bonds. The van der Waals surface area contributed by atoms with Gasteiger partial charge in [-0.1, -0.05) is 42.5 Å². The molecule has 0 bridgehead atoms. The van der Waals surface area contributed by atoms with Gasteiger partial charge in [0.05, 0.1) is 11.8 Å². The molecule has 0 saturated heterocycles. The fraction of sp³-hybridized carbons (Fsp3) is 0.294. The molecule has 0 fully saturated rings. The van der Waals surface area contributed by atoms with Gasteiger partial charge in [-0.15, -0.1) is 0 Å². The number of halogens is 1. The maximum Gasteiger partial charge on any atom is 0.148 e. The first-order valence-corrected chi connectivity index (χ1v) is 9.11. The first-order chi connectivity index (χ1) is 10.4. The topological polar surface area (TPSA) is 37.4 Å². The molecule has 118 valence electrons. The average molecular weight is 321 g/mol. The third-order valence-electron chi connectivity index (χ3n) is 3.56. The highest BCUT2D eigenvalue weighted by Crippen LogP contribution is 2.27. The third-order valence-corrected chi connectivity index (χ3v) is 4.48. The van der Waals surface area contributed by atoms with Gasteiger partial charge >= 0.3 is 0 Å². The molecule has 0 aliphatic carbocycles. The third kappa shape index (κ3) is 4.64. The van der Waals surface area contributed by atoms with E-state index in [1.165, 1.54) is 18.4 Å². The van der Waals surface area contributed by atoms with Crippen LogP contribution in [0.1, 0.15) is 17.2 Å². The minimum atomic E-state index is -3.03. The van der Waals surface area contributed by atoms with Crippen LogP contribution in [0.25, 0.3) is 0 Å². The van der Waals surface area contributed by atoms with Crippen molar-refractivity contribution in [1.29, 1.82) is 0 Å². The van der Waals surface area contributed by atoms with Gasteiger partial charge in [0.25, 0.3) is 0 Å². The first kappa shape index (κ1) is 16.6. The number of rotatable bonds is 6. The maximum atomic E-state index is 13.2. The molecular weight excluding hydrogens is 301 g/mol. The largest absolute Gasteiger partial charge is 0.294 e. The molecule has 1 unspecified atom stereocenters. The lowest BCUT2D eigenvalue weighted by atomic mass is 9.97. The van der Waals surface area contributed by atoms with Crippen LogP contribution in [-0.4, -0.2) is 38.9 Å². The summed E-state index contributed by atoms with van der Waals surface area (Å²) in [6, 6.07) is 16.0. The standard InChI is InChI=1S/C17H20FNO2S/c1-19(12-13-22(2,20)21)17(14-6-4-3-5-7-14)15-8-10-16(18)11-9-15/h3-11,17H,12-13H2,1-2H3. The Morgan fingerprint density at radius 3 is 2.09 bits per heavy atom. The van der Waals surface area contributed by atoms with Gasteiger partial charge in [0.2, 0.25) is 0 Å². The second-order valence-electron chi connectivity index (χ2n) is 5.48. The zero-order chi connectivity index (χ0) is 16.2. The highest BCUT2D eigenvalue weighted by molar-refractivity contribution is 7.90. The highest BCUT2D eigenvalue weighted by atomic mass is 32.2. The van der Waals surface area contributed by atoms with Crippen molar-refractivity contribution < 1.29 is 12.8 Å². The number of benzene rings is 2. The van der Waals surface area contributed by atoms with Crippen molar-refractivity contribution in [3.8, 4) is 0 Å². The van der Waals surface area contributed by atoms with Gasteiger partial charge in [0.1, 0.15) is 15.7 Å². The van der Waals surface area contributed by atoms with E-state index in [0.29, 0.717) is 6.54 Å². The summed E-state index contributed by atoms with van der Waals surface area (Å²) in [4.78, 5) is 1.98. The van der Waals surface area contributed by atoms with Crippen LogP contribution in [0.4, 0.5) is 4.39 Å². The smallest absolute Gasteiger partial charge is 0.148 e. The second kappa shape index (κ2) is 7.03. The SMILES string of the molecule is CN(CCS(C)(=O)=O)C(c1ccccc1)c1ccc(F)cc1. The highest BCUT2D eigenvalue weighted by Gasteiger charge is 2.20. The Labute approximate surface area is 131 Å². The summed E-state index contributed by atoms with van der Waals surface area (Å²) in [6.07, 6.45) is 1.23. The zero-order valence-electron chi connectivity index (χ0n) is 12.7. The van der Waals surface area contributed by atoms with Crippen molar-refractivity contribution in [2.75, 3.05) is 25.6 Å². The first-order valence-electron chi connectivity index (χ1n) is 7.05. The van der Waals surface area contributed by atoms with Crippen LogP contribution in [0.3, 0.4) is 0 Å². The maximum absolute atomic E-state index is 13.2. The molecule has 0 aliphatic rings. The van der Waals surface area contributed by atoms with Gasteiger partial charge < -0.3 is 0 Å². The average Bonchev–Trinajstić information content (AvgIpc) is 2.48. The quantitative estimate of drug-likeness (QED) is 0.821. The van der Waals surface area contributed by atoms with Gasteiger partial charge in [-0.2, -0.15) is 0 Å². The van der Waals surface area contributed by atoms with Gasteiger partial charge in [0, 0.05) is 12.8 Å². The predicted molar refractivity (Wildman–Crippen MR) is 87.0 cm³/mol. The molecule has 0 heterocycles. The molecule has 5 heteroatoms. The van der Waals surface area contributed by atoms with E-state index in [2.05, 4.69) is 0 Å². The lowest BCUT2D eigenvalue weighted by molar-refractivity contribution is 0.295. The Kier molecular flexibility index (Phi) is 5.32. The lowest BCUT2D eigenvalue weighted by Gasteiger charge is -2.29. The van der Waals surface area contributed by atoms with E-state index in [0.717, 1.165) is 11.1 Å². The number of sulfone groups is 1. The van der Waals surface area contributed by atoms with E-state index in [1.807, 2.05) is 42.3 Å². The molecule has 2 rings (SSSR count). The van der Waals surface area contributed by atoms with Crippen molar-refractivity contribution in [1.82, 2.24) is 4.90 Å². The van der Waals surface area contributed by atoms with Crippen molar-refractivity contribution in [3.63, 3.8) is 0 Å². The molecule has 0 aromatic heterocycles. The van der Waals surface area contributed by atoms with Crippen LogP contribution < -0.4 is 0 Å². The van der Waals surface area contributed by atoms with E-state index < -0.39 is 9.84 Å². The minimum absolute atomic E-state index is 0.0913. The molecule has 3 nitrogen and oxygen atoms in total. The Bertz CT molecular complexity index is 699. The fourth-order valence-electron chi connectivity index (χ4n) is 2.42. The van der Waals surface area contributed by atoms with E-state index in [4.69, 9.17) is 0 Å². The van der Waals surface area contributed by atoms with Crippen LogP contribution in [0.15, 0.2) is 54.6 Å². The monoisotopic (exact) mass is 321 g/mol. The van der Waals surface area contributed by atoms with Gasteiger partial charge in [0.15, 0.2) is 0 Å². The molecule has 0 radical (unpaired) electrons. The van der Waals surface area contributed by atoms with Gasteiger partial charge in [-0.3, -0.25) is 4.90 Å². The lowest BCUT2D eigenvalue weighted by Crippen LogP contribution is -2.30. The van der Waals surface area contributed by atoms with Crippen molar-refractivity contribution in [2.24, 2.45) is 0 Å². The number of hydrogen-bond donors (Lipinski definition) is 0. The number of hydrogen-bond acceptors (Lipinski definition) is 3. The predicted octanol–water partition coefficient (Wildman–Crippen LogP) is 2.89. The molecule has 0 spiro atoms. The molecule has 2 aromatic carbocycles. The summed E-state index contributed by atoms with van der Waals surface area (Å²) in [7, 11) is -1.14. The normalized spacial score (nSPS) is 13.3. The molecule has 1 atom stereocenters. The molecule has 22 heavy (non-hydrogen) atoms. The van der Waals surface area contributed by atoms with E-state index in [9.17, 15) is 12.8 Å². The van der Waals surface area contributed by atoms with Crippen LogP contribution in [0, 0.1) is 5.82 Å². The van der Waals surface area contributed by atoms with Crippen LogP contribution in [0.5, 0.6) is 0 Å². The Morgan fingerprint density at radius 2 is 1.55 bits per heavy atom. The summed E-state index contributed by atoms with van der Waals surface area (Å²) < 4.78 is 36.0. The summed E-state index contributed by atoms with van der Waals surface area (Å²) in [5.74, 6) is -0.192. The molecule has 0 aliphatic heterocycles. The summed E-state index contributed by atoms with van der Waals surface area (Å²) in [5.41, 5.74) is 1.98. The van der Waals surface area contributed by atoms with Crippen LogP contribution in [0.2, 0.25) is 0 Å². The minimum Gasteiger partial charge on any atom is -0.294 e. The van der Waals surface area contributed by atoms with Crippen LogP contribution >= 0.6 is 0 Å². The fourth-order valence-corrected chi connectivity index (χ4v) is 3.04. The zero-order valence-corrected chi connectivity index (χ0v) is 13.6. The summed E-state index contributed by atoms with van der Waals surface area (Å²) in [6.45, 7) is 0.412. The van der Waals surface area contributed by atoms with Crippen molar-refractivity contribution in [2.45, 2.75) is 6.04 Å². The van der Waals surface area contributed by atoms with Crippen LogP contribution in [-0.2, 0) is 9.84 Å². The van der Waals surface area contributed by atoms with Gasteiger partial charge in [-0.05, 0) is 30.3 Å². The summed E-state index contributed by atoms with van der Waals surface area (Å²) >= 11 is 0. The Balaban J connectivity index is 2.31. The summed E-state index contributed by atoms with van der Waals surface area (Å²) in [5, 5.41) is 0. The van der Waals surface area contributed by atoms with E-state index >= 15 is 0 Å². The Morgan fingerprint density at radius 1 is 1.00 bits per heavy atom. The Hall–Kier alpha value is -1.72. The van der Waals surface area contributed by atoms with Crippen molar-refractivity contribution >= 4 is 9.84 Å². The van der Waals surface area contributed by atoms with Gasteiger partial charge in [-0.25, -0.2) is 12.8 Å². The molecule has 0 N–H and O–H groups in total. The van der Waals surface area contributed by atoms with E-state index in [-0.39, 0.29) is 17.6 Å². The second-order valence-corrected chi connectivity index (χ2v) is 7.74. The molecule has 0 saturated carbocycles. The number of nitrogens with zero attached hydrogens (tertiary/aromatic N) is 1. The molecule has 2 aromatic rings. The molecular formula is C17H20FNO2S.